The number of halogens is 3. The molecular formula is C9H12F3NO4. The third-order valence-corrected chi connectivity index (χ3v) is 2.55. The maximum Gasteiger partial charge on any atom is 0.471 e. The number of hydrogen-bond acceptors (Lipinski definition) is 3. The van der Waals surface area contributed by atoms with Crippen LogP contribution in [0.5, 0.6) is 0 Å². The number of carbonyl (C=O) groups excluding carboxylic acids is 1. The summed E-state index contributed by atoms with van der Waals surface area (Å²) in [5, 5.41) is 10.3. The molecule has 0 saturated carbocycles. The smallest absolute Gasteiger partial charge is 0.471 e. The number of aliphatic carboxylic acids is 1. The zero-order chi connectivity index (χ0) is 13.1. The van der Waals surface area contributed by atoms with E-state index in [1.54, 1.807) is 0 Å². The summed E-state index contributed by atoms with van der Waals surface area (Å²) in [5.41, 5.74) is 0. The second-order valence-electron chi connectivity index (χ2n) is 3.74. The van der Waals surface area contributed by atoms with E-state index in [1.807, 2.05) is 0 Å². The summed E-state index contributed by atoms with van der Waals surface area (Å²) in [6.07, 6.45) is -4.44. The summed E-state index contributed by atoms with van der Waals surface area (Å²) in [6.45, 7) is 0.576. The monoisotopic (exact) mass is 255 g/mol. The van der Waals surface area contributed by atoms with Crippen molar-refractivity contribution < 1.29 is 32.6 Å². The van der Waals surface area contributed by atoms with E-state index in [9.17, 15) is 22.8 Å². The van der Waals surface area contributed by atoms with Crippen LogP contribution in [0.2, 0.25) is 0 Å². The molecule has 1 saturated heterocycles. The van der Waals surface area contributed by atoms with E-state index in [0.717, 1.165) is 0 Å². The fourth-order valence-electron chi connectivity index (χ4n) is 1.65. The minimum atomic E-state index is -5.07. The molecule has 5 nitrogen and oxygen atoms in total. The van der Waals surface area contributed by atoms with Gasteiger partial charge in [0.15, 0.2) is 0 Å². The van der Waals surface area contributed by atoms with Crippen molar-refractivity contribution in [3.05, 3.63) is 0 Å². The molecule has 1 rings (SSSR count). The molecule has 98 valence electrons. The molecule has 1 heterocycles. The van der Waals surface area contributed by atoms with Gasteiger partial charge < -0.3 is 15.2 Å². The number of carboxylic acid groups (broad SMARTS) is 1. The Morgan fingerprint density at radius 2 is 1.82 bits per heavy atom. The maximum absolute atomic E-state index is 12.0. The fraction of sp³-hybridized carbons (Fsp3) is 0.778. The van der Waals surface area contributed by atoms with Crippen molar-refractivity contribution in [1.29, 1.82) is 0 Å². The average molecular weight is 255 g/mol. The largest absolute Gasteiger partial charge is 0.480 e. The highest BCUT2D eigenvalue weighted by Gasteiger charge is 2.42. The lowest BCUT2D eigenvalue weighted by atomic mass is 9.91. The standard InChI is InChI=1S/C9H12F3NO4/c10-9(11,12)8(16)13-6(7(14)15)5-1-3-17-4-2-5/h5-6H,1-4H2,(H,13,16)(H,14,15). The third-order valence-electron chi connectivity index (χ3n) is 2.55. The van der Waals surface area contributed by atoms with Crippen LogP contribution in [0.3, 0.4) is 0 Å². The number of alkyl halides is 3. The summed E-state index contributed by atoms with van der Waals surface area (Å²) in [7, 11) is 0. The van der Waals surface area contributed by atoms with Crippen LogP contribution in [0.4, 0.5) is 13.2 Å². The molecule has 8 heteroatoms. The van der Waals surface area contributed by atoms with Crippen molar-refractivity contribution in [2.75, 3.05) is 13.2 Å². The molecule has 0 spiro atoms. The van der Waals surface area contributed by atoms with Gasteiger partial charge in [-0.05, 0) is 18.8 Å². The molecule has 1 aliphatic heterocycles. The Morgan fingerprint density at radius 3 is 2.24 bits per heavy atom. The predicted molar refractivity (Wildman–Crippen MR) is 49.2 cm³/mol. The molecular weight excluding hydrogens is 243 g/mol. The molecule has 0 aromatic heterocycles. The molecule has 0 aromatic carbocycles. The first-order chi connectivity index (χ1) is 7.82. The molecule has 1 aliphatic rings. The van der Waals surface area contributed by atoms with Gasteiger partial charge in [0.2, 0.25) is 0 Å². The number of nitrogens with one attached hydrogen (secondary N) is 1. The number of carbonyl (C=O) groups is 2. The van der Waals surface area contributed by atoms with Crippen molar-refractivity contribution in [2.24, 2.45) is 5.92 Å². The second kappa shape index (κ2) is 5.35. The van der Waals surface area contributed by atoms with Crippen molar-refractivity contribution in [2.45, 2.75) is 25.1 Å². The Balaban J connectivity index is 2.66. The quantitative estimate of drug-likeness (QED) is 0.772. The Hall–Kier alpha value is -1.31. The first-order valence-corrected chi connectivity index (χ1v) is 5.00. The first kappa shape index (κ1) is 13.8. The third kappa shape index (κ3) is 3.88. The molecule has 0 bridgehead atoms. The highest BCUT2D eigenvalue weighted by molar-refractivity contribution is 5.87. The van der Waals surface area contributed by atoms with Gasteiger partial charge in [-0.15, -0.1) is 0 Å². The van der Waals surface area contributed by atoms with E-state index in [2.05, 4.69) is 0 Å². The number of ether oxygens (including phenoxy) is 1. The van der Waals surface area contributed by atoms with Gasteiger partial charge in [-0.3, -0.25) is 4.79 Å². The molecule has 2 N–H and O–H groups in total. The van der Waals surface area contributed by atoms with Gasteiger partial charge in [0.05, 0.1) is 0 Å². The highest BCUT2D eigenvalue weighted by Crippen LogP contribution is 2.21. The number of rotatable bonds is 3. The number of amides is 1. The van der Waals surface area contributed by atoms with Crippen LogP contribution < -0.4 is 5.32 Å². The van der Waals surface area contributed by atoms with Gasteiger partial charge >= 0.3 is 18.1 Å². The van der Waals surface area contributed by atoms with Crippen LogP contribution in [0.1, 0.15) is 12.8 Å². The zero-order valence-electron chi connectivity index (χ0n) is 8.79. The van der Waals surface area contributed by atoms with E-state index in [4.69, 9.17) is 9.84 Å². The summed E-state index contributed by atoms with van der Waals surface area (Å²) < 4.78 is 41.0. The lowest BCUT2D eigenvalue weighted by molar-refractivity contribution is -0.176. The van der Waals surface area contributed by atoms with Gasteiger partial charge in [0.1, 0.15) is 6.04 Å². The second-order valence-corrected chi connectivity index (χ2v) is 3.74. The molecule has 0 radical (unpaired) electrons. The van der Waals surface area contributed by atoms with Crippen molar-refractivity contribution in [3.63, 3.8) is 0 Å². The molecule has 1 amide bonds. The van der Waals surface area contributed by atoms with E-state index in [-0.39, 0.29) is 13.2 Å². The molecule has 0 aliphatic carbocycles. The van der Waals surface area contributed by atoms with Crippen molar-refractivity contribution in [3.8, 4) is 0 Å². The van der Waals surface area contributed by atoms with Gasteiger partial charge in [-0.25, -0.2) is 4.79 Å². The highest BCUT2D eigenvalue weighted by atomic mass is 19.4. The van der Waals surface area contributed by atoms with Crippen molar-refractivity contribution in [1.82, 2.24) is 5.32 Å². The number of carboxylic acids is 1. The predicted octanol–water partition coefficient (Wildman–Crippen LogP) is 0.545. The van der Waals surface area contributed by atoms with Gasteiger partial charge in [-0.1, -0.05) is 0 Å². The molecule has 17 heavy (non-hydrogen) atoms. The van der Waals surface area contributed by atoms with Crippen LogP contribution in [-0.4, -0.2) is 42.4 Å². The van der Waals surface area contributed by atoms with Crippen molar-refractivity contribution >= 4 is 11.9 Å². The van der Waals surface area contributed by atoms with Gasteiger partial charge in [0.25, 0.3) is 0 Å². The topological polar surface area (TPSA) is 75.6 Å². The average Bonchev–Trinajstić information content (AvgIpc) is 2.25. The summed E-state index contributed by atoms with van der Waals surface area (Å²) in [4.78, 5) is 21.5. The normalized spacial score (nSPS) is 19.7. The summed E-state index contributed by atoms with van der Waals surface area (Å²) in [5.74, 6) is -4.22. The minimum absolute atomic E-state index is 0.288. The Kier molecular flexibility index (Phi) is 4.33. The van der Waals surface area contributed by atoms with Crippen LogP contribution in [0, 0.1) is 5.92 Å². The Morgan fingerprint density at radius 1 is 1.29 bits per heavy atom. The SMILES string of the molecule is O=C(O)C(NC(=O)C(F)(F)F)C1CCOCC1. The van der Waals surface area contributed by atoms with E-state index >= 15 is 0 Å². The van der Waals surface area contributed by atoms with Crippen LogP contribution in [0.25, 0.3) is 0 Å². The first-order valence-electron chi connectivity index (χ1n) is 5.00. The number of hydrogen-bond donors (Lipinski definition) is 2. The van der Waals surface area contributed by atoms with Crippen LogP contribution in [0.15, 0.2) is 0 Å². The molecule has 1 unspecified atom stereocenters. The minimum Gasteiger partial charge on any atom is -0.480 e. The van der Waals surface area contributed by atoms with Crippen LogP contribution in [-0.2, 0) is 14.3 Å². The molecule has 1 fully saturated rings. The Bertz CT molecular complexity index is 299. The van der Waals surface area contributed by atoms with E-state index < -0.39 is 30.0 Å². The summed E-state index contributed by atoms with van der Waals surface area (Å²) >= 11 is 0. The lowest BCUT2D eigenvalue weighted by Gasteiger charge is -2.28. The molecule has 0 aromatic rings. The van der Waals surface area contributed by atoms with Gasteiger partial charge in [0, 0.05) is 13.2 Å². The van der Waals surface area contributed by atoms with Crippen LogP contribution >= 0.6 is 0 Å². The van der Waals surface area contributed by atoms with E-state index in [0.29, 0.717) is 12.8 Å². The van der Waals surface area contributed by atoms with Gasteiger partial charge in [-0.2, -0.15) is 13.2 Å². The molecule has 1 atom stereocenters. The fourth-order valence-corrected chi connectivity index (χ4v) is 1.65. The lowest BCUT2D eigenvalue weighted by Crippen LogP contribution is -2.51. The van der Waals surface area contributed by atoms with E-state index in [1.165, 1.54) is 5.32 Å². The maximum atomic E-state index is 12.0. The summed E-state index contributed by atoms with van der Waals surface area (Å²) in [6, 6.07) is -1.52. The zero-order valence-corrected chi connectivity index (χ0v) is 8.79. The Labute approximate surface area is 94.9 Å².